The molecule has 3 nitrogen and oxygen atoms in total. The maximum Gasteiger partial charge on any atom is 0.227 e. The first kappa shape index (κ1) is 15.0. The molecular formula is C17H26N2O. The number of fused-ring (bicyclic) bond motifs is 1. The van der Waals surface area contributed by atoms with Crippen LogP contribution in [0.2, 0.25) is 0 Å². The van der Waals surface area contributed by atoms with Crippen LogP contribution in [0.15, 0.2) is 24.3 Å². The number of carbonyl (C=O) groups is 1. The number of nitrogens with zero attached hydrogens (tertiary/aromatic N) is 1. The molecule has 1 amide bonds. The molecule has 2 unspecified atom stereocenters. The topological polar surface area (TPSA) is 32.3 Å². The van der Waals surface area contributed by atoms with Gasteiger partial charge in [-0.05, 0) is 30.5 Å². The summed E-state index contributed by atoms with van der Waals surface area (Å²) in [5.41, 5.74) is 2.36. The average molecular weight is 274 g/mol. The summed E-state index contributed by atoms with van der Waals surface area (Å²) >= 11 is 0. The minimum absolute atomic E-state index is 0.266. The lowest BCUT2D eigenvalue weighted by molar-refractivity contribution is -0.119. The van der Waals surface area contributed by atoms with E-state index in [1.54, 1.807) is 0 Å². The molecule has 1 aliphatic heterocycles. The molecule has 2 rings (SSSR count). The lowest BCUT2D eigenvalue weighted by atomic mass is 9.95. The zero-order valence-electron chi connectivity index (χ0n) is 12.9. The normalized spacial score (nSPS) is 19.6. The van der Waals surface area contributed by atoms with Crippen molar-refractivity contribution < 1.29 is 4.79 Å². The third-order valence-electron chi connectivity index (χ3n) is 4.22. The van der Waals surface area contributed by atoms with E-state index in [0.29, 0.717) is 18.4 Å². The number of benzene rings is 1. The molecule has 0 saturated carbocycles. The summed E-state index contributed by atoms with van der Waals surface area (Å²) in [4.78, 5) is 14.5. The van der Waals surface area contributed by atoms with Crippen molar-refractivity contribution in [2.24, 2.45) is 5.92 Å². The van der Waals surface area contributed by atoms with Gasteiger partial charge >= 0.3 is 0 Å². The van der Waals surface area contributed by atoms with E-state index in [4.69, 9.17) is 0 Å². The highest BCUT2D eigenvalue weighted by Gasteiger charge is 2.28. The molecule has 0 spiro atoms. The highest BCUT2D eigenvalue weighted by atomic mass is 16.2. The summed E-state index contributed by atoms with van der Waals surface area (Å²) in [7, 11) is 0. The molecule has 1 aliphatic rings. The van der Waals surface area contributed by atoms with Gasteiger partial charge in [0.15, 0.2) is 0 Å². The molecule has 2 atom stereocenters. The number of nitrogens with one attached hydrogen (secondary N) is 1. The van der Waals surface area contributed by atoms with E-state index in [9.17, 15) is 4.79 Å². The SMILES string of the molecule is CCNC1CCN(C(=O)CC(C)CC)c2ccccc21. The summed E-state index contributed by atoms with van der Waals surface area (Å²) in [6.07, 6.45) is 2.70. The summed E-state index contributed by atoms with van der Waals surface area (Å²) in [6, 6.07) is 8.69. The van der Waals surface area contributed by atoms with E-state index >= 15 is 0 Å². The number of rotatable bonds is 5. The number of carbonyl (C=O) groups excluding carboxylic acids is 1. The molecule has 0 aliphatic carbocycles. The van der Waals surface area contributed by atoms with Crippen LogP contribution in [0.5, 0.6) is 0 Å². The van der Waals surface area contributed by atoms with Gasteiger partial charge in [0, 0.05) is 24.7 Å². The molecule has 110 valence electrons. The van der Waals surface area contributed by atoms with Gasteiger partial charge in [-0.15, -0.1) is 0 Å². The van der Waals surface area contributed by atoms with Gasteiger partial charge in [0.2, 0.25) is 5.91 Å². The van der Waals surface area contributed by atoms with E-state index < -0.39 is 0 Å². The number of para-hydroxylation sites is 1. The molecule has 3 heteroatoms. The van der Waals surface area contributed by atoms with Gasteiger partial charge in [0.05, 0.1) is 0 Å². The molecule has 20 heavy (non-hydrogen) atoms. The maximum atomic E-state index is 12.5. The summed E-state index contributed by atoms with van der Waals surface area (Å²) in [5.74, 6) is 0.725. The predicted octanol–water partition coefficient (Wildman–Crippen LogP) is 3.51. The molecular weight excluding hydrogens is 248 g/mol. The van der Waals surface area contributed by atoms with Crippen molar-refractivity contribution in [3.8, 4) is 0 Å². The van der Waals surface area contributed by atoms with Crippen LogP contribution in [-0.2, 0) is 4.79 Å². The van der Waals surface area contributed by atoms with Gasteiger partial charge in [-0.25, -0.2) is 0 Å². The number of hydrogen-bond acceptors (Lipinski definition) is 2. The van der Waals surface area contributed by atoms with Crippen LogP contribution in [0.4, 0.5) is 5.69 Å². The molecule has 0 bridgehead atoms. The Morgan fingerprint density at radius 2 is 2.15 bits per heavy atom. The second-order valence-corrected chi connectivity index (χ2v) is 5.72. The summed E-state index contributed by atoms with van der Waals surface area (Å²) in [5, 5.41) is 3.51. The van der Waals surface area contributed by atoms with Crippen LogP contribution in [0, 0.1) is 5.92 Å². The van der Waals surface area contributed by atoms with Gasteiger partial charge < -0.3 is 10.2 Å². The minimum Gasteiger partial charge on any atom is -0.312 e. The fourth-order valence-corrected chi connectivity index (χ4v) is 2.83. The Morgan fingerprint density at radius 1 is 1.40 bits per heavy atom. The van der Waals surface area contributed by atoms with Gasteiger partial charge in [-0.1, -0.05) is 45.4 Å². The van der Waals surface area contributed by atoms with Crippen molar-refractivity contribution in [1.29, 1.82) is 0 Å². The Hall–Kier alpha value is -1.35. The fraction of sp³-hybridized carbons (Fsp3) is 0.588. The molecule has 0 fully saturated rings. The van der Waals surface area contributed by atoms with Crippen LogP contribution in [0.25, 0.3) is 0 Å². The van der Waals surface area contributed by atoms with Crippen LogP contribution >= 0.6 is 0 Å². The van der Waals surface area contributed by atoms with Gasteiger partial charge in [0.1, 0.15) is 0 Å². The van der Waals surface area contributed by atoms with E-state index in [1.165, 1.54) is 5.56 Å². The average Bonchev–Trinajstić information content (AvgIpc) is 2.47. The molecule has 1 heterocycles. The van der Waals surface area contributed by atoms with Gasteiger partial charge in [-0.3, -0.25) is 4.79 Å². The van der Waals surface area contributed by atoms with Gasteiger partial charge in [-0.2, -0.15) is 0 Å². The number of hydrogen-bond donors (Lipinski definition) is 1. The van der Waals surface area contributed by atoms with E-state index in [0.717, 1.165) is 31.6 Å². The van der Waals surface area contributed by atoms with Crippen molar-refractivity contribution in [3.05, 3.63) is 29.8 Å². The number of anilines is 1. The monoisotopic (exact) mass is 274 g/mol. The standard InChI is InChI=1S/C17H26N2O/c1-4-13(3)12-17(20)19-11-10-15(18-5-2)14-8-6-7-9-16(14)19/h6-9,13,15,18H,4-5,10-12H2,1-3H3. The van der Waals surface area contributed by atoms with E-state index in [2.05, 4.69) is 44.3 Å². The van der Waals surface area contributed by atoms with Crippen molar-refractivity contribution in [2.45, 2.75) is 46.1 Å². The first-order valence-corrected chi connectivity index (χ1v) is 7.80. The van der Waals surface area contributed by atoms with E-state index in [1.807, 2.05) is 11.0 Å². The van der Waals surface area contributed by atoms with E-state index in [-0.39, 0.29) is 5.91 Å². The smallest absolute Gasteiger partial charge is 0.227 e. The van der Waals surface area contributed by atoms with Crippen molar-refractivity contribution >= 4 is 11.6 Å². The second kappa shape index (κ2) is 6.89. The van der Waals surface area contributed by atoms with Crippen LogP contribution < -0.4 is 10.2 Å². The molecule has 0 aromatic heterocycles. The Balaban J connectivity index is 2.20. The lowest BCUT2D eigenvalue weighted by Crippen LogP contribution is -2.40. The largest absolute Gasteiger partial charge is 0.312 e. The highest BCUT2D eigenvalue weighted by molar-refractivity contribution is 5.94. The van der Waals surface area contributed by atoms with Crippen LogP contribution in [0.1, 0.15) is 51.6 Å². The second-order valence-electron chi connectivity index (χ2n) is 5.72. The van der Waals surface area contributed by atoms with Crippen LogP contribution in [0.3, 0.4) is 0 Å². The molecule has 1 aromatic rings. The Labute approximate surface area is 122 Å². The zero-order chi connectivity index (χ0) is 14.5. The summed E-state index contributed by atoms with van der Waals surface area (Å²) in [6.45, 7) is 8.20. The third-order valence-corrected chi connectivity index (χ3v) is 4.22. The Bertz CT molecular complexity index is 458. The molecule has 0 saturated heterocycles. The van der Waals surface area contributed by atoms with Crippen molar-refractivity contribution in [2.75, 3.05) is 18.0 Å². The Kier molecular flexibility index (Phi) is 5.18. The van der Waals surface area contributed by atoms with Crippen LogP contribution in [-0.4, -0.2) is 19.0 Å². The predicted molar refractivity (Wildman–Crippen MR) is 83.9 cm³/mol. The lowest BCUT2D eigenvalue weighted by Gasteiger charge is -2.35. The highest BCUT2D eigenvalue weighted by Crippen LogP contribution is 2.34. The zero-order valence-corrected chi connectivity index (χ0v) is 12.9. The molecule has 0 radical (unpaired) electrons. The quantitative estimate of drug-likeness (QED) is 0.891. The third kappa shape index (κ3) is 3.21. The van der Waals surface area contributed by atoms with Gasteiger partial charge in [0.25, 0.3) is 0 Å². The first-order valence-electron chi connectivity index (χ1n) is 7.80. The molecule has 1 N–H and O–H groups in total. The maximum absolute atomic E-state index is 12.5. The summed E-state index contributed by atoms with van der Waals surface area (Å²) < 4.78 is 0. The Morgan fingerprint density at radius 3 is 2.85 bits per heavy atom. The minimum atomic E-state index is 0.266. The van der Waals surface area contributed by atoms with Crippen molar-refractivity contribution in [1.82, 2.24) is 5.32 Å². The first-order chi connectivity index (χ1) is 9.67. The molecule has 1 aromatic carbocycles. The fourth-order valence-electron chi connectivity index (χ4n) is 2.83. The number of amides is 1. The van der Waals surface area contributed by atoms with Crippen molar-refractivity contribution in [3.63, 3.8) is 0 Å².